The maximum absolute atomic E-state index is 13.0. The Balaban J connectivity index is 1.83. The summed E-state index contributed by atoms with van der Waals surface area (Å²) in [5.41, 5.74) is 2.99. The summed E-state index contributed by atoms with van der Waals surface area (Å²) in [6.07, 6.45) is 0. The number of halogens is 1. The number of hydrogen-bond donors (Lipinski definition) is 1. The van der Waals surface area contributed by atoms with Crippen molar-refractivity contribution in [3.63, 3.8) is 0 Å². The Morgan fingerprint density at radius 3 is 2.32 bits per heavy atom. The fraction of sp³-hybridized carbons (Fsp3) is 0.286. The van der Waals surface area contributed by atoms with Gasteiger partial charge >= 0.3 is 5.97 Å². The van der Waals surface area contributed by atoms with Gasteiger partial charge in [0.1, 0.15) is 12.4 Å². The van der Waals surface area contributed by atoms with Crippen LogP contribution in [-0.4, -0.2) is 37.5 Å². The molecule has 0 aliphatic heterocycles. The Morgan fingerprint density at radius 2 is 1.71 bits per heavy atom. The normalized spacial score (nSPS) is 10.3. The lowest BCUT2D eigenvalue weighted by Gasteiger charge is -2.20. The van der Waals surface area contributed by atoms with E-state index >= 15 is 0 Å². The van der Waals surface area contributed by atoms with Crippen LogP contribution in [0.5, 0.6) is 0 Å². The second-order valence-electron chi connectivity index (χ2n) is 6.26. The van der Waals surface area contributed by atoms with Crippen LogP contribution in [0.25, 0.3) is 0 Å². The molecule has 0 saturated heterocycles. The number of anilines is 1. The van der Waals surface area contributed by atoms with E-state index in [0.717, 1.165) is 11.1 Å². The molecule has 0 aromatic heterocycles. The first-order valence-electron chi connectivity index (χ1n) is 8.88. The minimum absolute atomic E-state index is 0.339. The van der Waals surface area contributed by atoms with Crippen molar-refractivity contribution in [2.75, 3.05) is 24.6 Å². The molecule has 6 nitrogen and oxygen atoms in total. The molecule has 1 N–H and O–H groups in total. The first-order chi connectivity index (χ1) is 13.3. The fourth-order valence-corrected chi connectivity index (χ4v) is 2.53. The number of amides is 2. The van der Waals surface area contributed by atoms with E-state index < -0.39 is 30.2 Å². The van der Waals surface area contributed by atoms with E-state index in [1.807, 2.05) is 19.9 Å². The zero-order valence-electron chi connectivity index (χ0n) is 16.1. The van der Waals surface area contributed by atoms with Gasteiger partial charge in [-0.2, -0.15) is 0 Å². The maximum atomic E-state index is 13.0. The monoisotopic (exact) mass is 386 g/mol. The zero-order valence-corrected chi connectivity index (χ0v) is 16.1. The third-order valence-electron chi connectivity index (χ3n) is 4.27. The van der Waals surface area contributed by atoms with Gasteiger partial charge in [-0.1, -0.05) is 6.07 Å². The quantitative estimate of drug-likeness (QED) is 0.743. The first-order valence-corrected chi connectivity index (χ1v) is 8.88. The lowest BCUT2D eigenvalue weighted by atomic mass is 10.1. The fourth-order valence-electron chi connectivity index (χ4n) is 2.53. The summed E-state index contributed by atoms with van der Waals surface area (Å²) in [6.45, 7) is 5.12. The molecule has 28 heavy (non-hydrogen) atoms. The van der Waals surface area contributed by atoms with Crippen LogP contribution in [0, 0.1) is 19.7 Å². The molecule has 0 spiro atoms. The van der Waals surface area contributed by atoms with Gasteiger partial charge in [-0.15, -0.1) is 0 Å². The predicted molar refractivity (Wildman–Crippen MR) is 104 cm³/mol. The van der Waals surface area contributed by atoms with Crippen molar-refractivity contribution in [3.05, 3.63) is 65.0 Å². The summed E-state index contributed by atoms with van der Waals surface area (Å²) >= 11 is 0. The molecule has 7 heteroatoms. The van der Waals surface area contributed by atoms with Gasteiger partial charge in [-0.05, 0) is 68.3 Å². The summed E-state index contributed by atoms with van der Waals surface area (Å²) in [5.74, 6) is -1.96. The number of nitrogens with one attached hydrogen (secondary N) is 1. The van der Waals surface area contributed by atoms with Gasteiger partial charge in [-0.3, -0.25) is 14.4 Å². The second kappa shape index (κ2) is 9.64. The molecule has 0 radical (unpaired) electrons. The molecule has 0 heterocycles. The number of ether oxygens (including phenoxy) is 1. The number of benzene rings is 2. The highest BCUT2D eigenvalue weighted by Gasteiger charge is 2.17. The summed E-state index contributed by atoms with van der Waals surface area (Å²) < 4.78 is 18.0. The van der Waals surface area contributed by atoms with Crippen molar-refractivity contribution in [3.8, 4) is 0 Å². The standard InChI is InChI=1S/C21H23FN2O4/c1-4-24(18-9-7-17(22)8-10-18)19(25)13-28-20(26)12-23-21(27)16-6-5-14(2)15(3)11-16/h5-11H,4,12-13H2,1-3H3,(H,23,27). The minimum atomic E-state index is -0.722. The van der Waals surface area contributed by atoms with E-state index in [1.54, 1.807) is 19.1 Å². The number of esters is 1. The second-order valence-corrected chi connectivity index (χ2v) is 6.26. The molecular formula is C21H23FN2O4. The minimum Gasteiger partial charge on any atom is -0.454 e. The van der Waals surface area contributed by atoms with Gasteiger partial charge < -0.3 is 15.0 Å². The average Bonchev–Trinajstić information content (AvgIpc) is 2.68. The van der Waals surface area contributed by atoms with Crippen LogP contribution in [0.3, 0.4) is 0 Å². The van der Waals surface area contributed by atoms with Crippen LogP contribution in [0.1, 0.15) is 28.4 Å². The molecular weight excluding hydrogens is 363 g/mol. The van der Waals surface area contributed by atoms with E-state index in [-0.39, 0.29) is 6.54 Å². The molecule has 0 fully saturated rings. The van der Waals surface area contributed by atoms with E-state index in [2.05, 4.69) is 5.32 Å². The van der Waals surface area contributed by atoms with Gasteiger partial charge in [-0.25, -0.2) is 4.39 Å². The van der Waals surface area contributed by atoms with Gasteiger partial charge in [0.25, 0.3) is 11.8 Å². The number of rotatable bonds is 7. The molecule has 148 valence electrons. The number of hydrogen-bond acceptors (Lipinski definition) is 4. The van der Waals surface area contributed by atoms with Gasteiger partial charge in [0.2, 0.25) is 0 Å². The largest absolute Gasteiger partial charge is 0.454 e. The summed E-state index contributed by atoms with van der Waals surface area (Å²) in [7, 11) is 0. The van der Waals surface area contributed by atoms with Crippen LogP contribution in [-0.2, 0) is 14.3 Å². The summed E-state index contributed by atoms with van der Waals surface area (Å²) in [5, 5.41) is 2.47. The van der Waals surface area contributed by atoms with Crippen molar-refractivity contribution < 1.29 is 23.5 Å². The number of likely N-dealkylation sites (N-methyl/N-ethyl adjacent to an activating group) is 1. The van der Waals surface area contributed by atoms with Crippen molar-refractivity contribution >= 4 is 23.5 Å². The van der Waals surface area contributed by atoms with Crippen LogP contribution in [0.2, 0.25) is 0 Å². The third kappa shape index (κ3) is 5.64. The van der Waals surface area contributed by atoms with Crippen molar-refractivity contribution in [2.45, 2.75) is 20.8 Å². The number of carbonyl (C=O) groups is 3. The van der Waals surface area contributed by atoms with E-state index in [0.29, 0.717) is 17.8 Å². The molecule has 0 bridgehead atoms. The Labute approximate surface area is 163 Å². The van der Waals surface area contributed by atoms with E-state index in [1.165, 1.54) is 29.2 Å². The lowest BCUT2D eigenvalue weighted by Crippen LogP contribution is -2.36. The van der Waals surface area contributed by atoms with Gasteiger partial charge in [0, 0.05) is 17.8 Å². The molecule has 0 saturated carbocycles. The lowest BCUT2D eigenvalue weighted by molar-refractivity contribution is -0.146. The zero-order chi connectivity index (χ0) is 20.7. The smallest absolute Gasteiger partial charge is 0.325 e. The molecule has 0 aliphatic rings. The topological polar surface area (TPSA) is 75.7 Å². The molecule has 0 atom stereocenters. The molecule has 2 aromatic rings. The van der Waals surface area contributed by atoms with Crippen LogP contribution < -0.4 is 10.2 Å². The highest BCUT2D eigenvalue weighted by atomic mass is 19.1. The highest BCUT2D eigenvalue weighted by Crippen LogP contribution is 2.15. The predicted octanol–water partition coefficient (Wildman–Crippen LogP) is 2.77. The average molecular weight is 386 g/mol. The van der Waals surface area contributed by atoms with Crippen molar-refractivity contribution in [1.29, 1.82) is 0 Å². The molecule has 2 amide bonds. The summed E-state index contributed by atoms with van der Waals surface area (Å²) in [6, 6.07) is 10.7. The van der Waals surface area contributed by atoms with Gasteiger partial charge in [0.05, 0.1) is 0 Å². The summed E-state index contributed by atoms with van der Waals surface area (Å²) in [4.78, 5) is 37.6. The third-order valence-corrected chi connectivity index (χ3v) is 4.27. The molecule has 0 aliphatic carbocycles. The van der Waals surface area contributed by atoms with Crippen molar-refractivity contribution in [2.24, 2.45) is 0 Å². The maximum Gasteiger partial charge on any atom is 0.325 e. The van der Waals surface area contributed by atoms with E-state index in [4.69, 9.17) is 4.74 Å². The SMILES string of the molecule is CCN(C(=O)COC(=O)CNC(=O)c1ccc(C)c(C)c1)c1ccc(F)cc1. The number of aryl methyl sites for hydroxylation is 2. The Bertz CT molecular complexity index is 865. The van der Waals surface area contributed by atoms with E-state index in [9.17, 15) is 18.8 Å². The molecule has 2 rings (SSSR count). The van der Waals surface area contributed by atoms with Crippen LogP contribution >= 0.6 is 0 Å². The number of nitrogens with zero attached hydrogens (tertiary/aromatic N) is 1. The number of carbonyl (C=O) groups excluding carboxylic acids is 3. The highest BCUT2D eigenvalue weighted by molar-refractivity contribution is 5.97. The van der Waals surface area contributed by atoms with Crippen molar-refractivity contribution in [1.82, 2.24) is 5.32 Å². The van der Waals surface area contributed by atoms with Crippen LogP contribution in [0.4, 0.5) is 10.1 Å². The first kappa shape index (κ1) is 21.1. The Kier molecular flexibility index (Phi) is 7.26. The molecule has 0 unspecified atom stereocenters. The van der Waals surface area contributed by atoms with Crippen LogP contribution in [0.15, 0.2) is 42.5 Å². The molecule has 2 aromatic carbocycles. The Hall–Kier alpha value is -3.22. The van der Waals surface area contributed by atoms with Gasteiger partial charge in [0.15, 0.2) is 6.61 Å². The Morgan fingerprint density at radius 1 is 1.04 bits per heavy atom.